The standard InChI is InChI=1S/C8H8F2N2O2/c9-8(10)7-5(11)1-4(3-12-7)2-6(13)14/h1,3,8H,2,11H2,(H,13,14). The van der Waals surface area contributed by atoms with Crippen LogP contribution in [0.2, 0.25) is 0 Å². The van der Waals surface area contributed by atoms with Gasteiger partial charge in [-0.1, -0.05) is 0 Å². The van der Waals surface area contributed by atoms with E-state index in [4.69, 9.17) is 10.8 Å². The molecule has 0 spiro atoms. The van der Waals surface area contributed by atoms with E-state index < -0.39 is 18.1 Å². The van der Waals surface area contributed by atoms with E-state index in [-0.39, 0.29) is 12.1 Å². The van der Waals surface area contributed by atoms with Gasteiger partial charge in [-0.05, 0) is 11.6 Å². The van der Waals surface area contributed by atoms with Crippen LogP contribution in [-0.2, 0) is 11.2 Å². The fourth-order valence-corrected chi connectivity index (χ4v) is 0.992. The quantitative estimate of drug-likeness (QED) is 0.772. The number of aromatic nitrogens is 1. The van der Waals surface area contributed by atoms with Gasteiger partial charge in [0.05, 0.1) is 12.1 Å². The number of rotatable bonds is 3. The third-order valence-electron chi connectivity index (χ3n) is 1.57. The minimum Gasteiger partial charge on any atom is -0.481 e. The lowest BCUT2D eigenvalue weighted by atomic mass is 10.2. The average Bonchev–Trinajstić information content (AvgIpc) is 2.01. The lowest BCUT2D eigenvalue weighted by molar-refractivity contribution is -0.136. The van der Waals surface area contributed by atoms with Gasteiger partial charge in [-0.25, -0.2) is 8.78 Å². The van der Waals surface area contributed by atoms with Crippen molar-refractivity contribution in [3.05, 3.63) is 23.5 Å². The van der Waals surface area contributed by atoms with Crippen molar-refractivity contribution in [2.75, 3.05) is 5.73 Å². The fraction of sp³-hybridized carbons (Fsp3) is 0.250. The zero-order chi connectivity index (χ0) is 10.7. The Morgan fingerprint density at radius 3 is 2.71 bits per heavy atom. The lowest BCUT2D eigenvalue weighted by Crippen LogP contribution is -2.04. The van der Waals surface area contributed by atoms with Gasteiger partial charge < -0.3 is 10.8 Å². The number of anilines is 1. The molecule has 0 aliphatic carbocycles. The Balaban J connectivity index is 2.94. The van der Waals surface area contributed by atoms with E-state index >= 15 is 0 Å². The van der Waals surface area contributed by atoms with Crippen LogP contribution in [0.25, 0.3) is 0 Å². The van der Waals surface area contributed by atoms with Crippen LogP contribution in [0.15, 0.2) is 12.3 Å². The summed E-state index contributed by atoms with van der Waals surface area (Å²) in [4.78, 5) is 13.7. The van der Waals surface area contributed by atoms with E-state index in [2.05, 4.69) is 4.98 Å². The number of carbonyl (C=O) groups is 1. The Labute approximate surface area is 78.4 Å². The molecular weight excluding hydrogens is 194 g/mol. The van der Waals surface area contributed by atoms with Gasteiger partial charge >= 0.3 is 5.97 Å². The predicted molar refractivity (Wildman–Crippen MR) is 44.9 cm³/mol. The molecule has 0 bridgehead atoms. The molecule has 0 saturated heterocycles. The van der Waals surface area contributed by atoms with Crippen molar-refractivity contribution in [1.29, 1.82) is 0 Å². The normalized spacial score (nSPS) is 10.5. The number of hydrogen-bond donors (Lipinski definition) is 2. The molecule has 4 nitrogen and oxygen atoms in total. The Hall–Kier alpha value is -1.72. The molecular formula is C8H8F2N2O2. The van der Waals surface area contributed by atoms with Crippen LogP contribution in [-0.4, -0.2) is 16.1 Å². The molecule has 0 saturated carbocycles. The van der Waals surface area contributed by atoms with Gasteiger partial charge in [0.15, 0.2) is 0 Å². The zero-order valence-corrected chi connectivity index (χ0v) is 7.08. The zero-order valence-electron chi connectivity index (χ0n) is 7.08. The van der Waals surface area contributed by atoms with Gasteiger partial charge in [0.25, 0.3) is 6.43 Å². The second kappa shape index (κ2) is 3.99. The second-order valence-corrected chi connectivity index (χ2v) is 2.69. The molecule has 0 atom stereocenters. The highest BCUT2D eigenvalue weighted by molar-refractivity contribution is 5.70. The smallest absolute Gasteiger partial charge is 0.307 e. The molecule has 1 rings (SSSR count). The highest BCUT2D eigenvalue weighted by Crippen LogP contribution is 2.22. The third-order valence-corrected chi connectivity index (χ3v) is 1.57. The molecule has 3 N–H and O–H groups in total. The number of nitrogen functional groups attached to an aromatic ring is 1. The van der Waals surface area contributed by atoms with E-state index in [1.165, 1.54) is 6.07 Å². The van der Waals surface area contributed by atoms with Crippen LogP contribution in [0.4, 0.5) is 14.5 Å². The number of aliphatic carboxylic acids is 1. The molecule has 0 aliphatic heterocycles. The molecule has 1 aromatic heterocycles. The summed E-state index contributed by atoms with van der Waals surface area (Å²) < 4.78 is 24.3. The molecule has 0 radical (unpaired) electrons. The van der Waals surface area contributed by atoms with Gasteiger partial charge in [0.2, 0.25) is 0 Å². The number of carboxylic acids is 1. The summed E-state index contributed by atoms with van der Waals surface area (Å²) in [5.41, 5.74) is 4.87. The summed E-state index contributed by atoms with van der Waals surface area (Å²) in [6.45, 7) is 0. The molecule has 1 heterocycles. The van der Waals surface area contributed by atoms with Crippen molar-refractivity contribution >= 4 is 11.7 Å². The van der Waals surface area contributed by atoms with Crippen molar-refractivity contribution in [3.63, 3.8) is 0 Å². The van der Waals surface area contributed by atoms with Crippen LogP contribution in [0.3, 0.4) is 0 Å². The highest BCUT2D eigenvalue weighted by Gasteiger charge is 2.13. The van der Waals surface area contributed by atoms with Gasteiger partial charge in [0, 0.05) is 6.20 Å². The van der Waals surface area contributed by atoms with Gasteiger partial charge in [-0.2, -0.15) is 0 Å². The molecule has 0 amide bonds. The first-order chi connectivity index (χ1) is 6.50. The number of pyridine rings is 1. The molecule has 0 fully saturated rings. The molecule has 0 aliphatic rings. The van der Waals surface area contributed by atoms with Crippen molar-refractivity contribution in [2.45, 2.75) is 12.8 Å². The molecule has 1 aromatic rings. The fourth-order valence-electron chi connectivity index (χ4n) is 0.992. The summed E-state index contributed by atoms with van der Waals surface area (Å²) in [6, 6.07) is 1.20. The van der Waals surface area contributed by atoms with Crippen LogP contribution < -0.4 is 5.73 Å². The molecule has 0 unspecified atom stereocenters. The van der Waals surface area contributed by atoms with E-state index in [1.54, 1.807) is 0 Å². The first-order valence-electron chi connectivity index (χ1n) is 3.75. The number of alkyl halides is 2. The number of halogens is 2. The minimum atomic E-state index is -2.74. The van der Waals surface area contributed by atoms with Crippen LogP contribution >= 0.6 is 0 Å². The average molecular weight is 202 g/mol. The number of carboxylic acid groups (broad SMARTS) is 1. The summed E-state index contributed by atoms with van der Waals surface area (Å²) in [6.07, 6.45) is -1.93. The van der Waals surface area contributed by atoms with Crippen LogP contribution in [0, 0.1) is 0 Å². The van der Waals surface area contributed by atoms with Crippen molar-refractivity contribution in [1.82, 2.24) is 4.98 Å². The summed E-state index contributed by atoms with van der Waals surface area (Å²) in [5, 5.41) is 8.42. The first kappa shape index (κ1) is 10.4. The third kappa shape index (κ3) is 2.38. The second-order valence-electron chi connectivity index (χ2n) is 2.69. The first-order valence-corrected chi connectivity index (χ1v) is 3.75. The van der Waals surface area contributed by atoms with E-state index in [9.17, 15) is 13.6 Å². The van der Waals surface area contributed by atoms with Crippen molar-refractivity contribution < 1.29 is 18.7 Å². The van der Waals surface area contributed by atoms with Gasteiger partial charge in [-0.3, -0.25) is 9.78 Å². The van der Waals surface area contributed by atoms with E-state index in [0.717, 1.165) is 6.20 Å². The van der Waals surface area contributed by atoms with Crippen molar-refractivity contribution in [2.24, 2.45) is 0 Å². The van der Waals surface area contributed by atoms with Crippen LogP contribution in [0.1, 0.15) is 17.7 Å². The Kier molecular flexibility index (Phi) is 2.95. The van der Waals surface area contributed by atoms with Crippen molar-refractivity contribution in [3.8, 4) is 0 Å². The summed E-state index contributed by atoms with van der Waals surface area (Å²) in [7, 11) is 0. The maximum Gasteiger partial charge on any atom is 0.307 e. The molecule has 14 heavy (non-hydrogen) atoms. The highest BCUT2D eigenvalue weighted by atomic mass is 19.3. The topological polar surface area (TPSA) is 76.2 Å². The van der Waals surface area contributed by atoms with E-state index in [0.29, 0.717) is 5.56 Å². The Morgan fingerprint density at radius 1 is 1.64 bits per heavy atom. The largest absolute Gasteiger partial charge is 0.481 e. The van der Waals surface area contributed by atoms with Crippen LogP contribution in [0.5, 0.6) is 0 Å². The summed E-state index contributed by atoms with van der Waals surface area (Å²) in [5.74, 6) is -1.06. The Morgan fingerprint density at radius 2 is 2.29 bits per heavy atom. The van der Waals surface area contributed by atoms with Gasteiger partial charge in [-0.15, -0.1) is 0 Å². The summed E-state index contributed by atoms with van der Waals surface area (Å²) >= 11 is 0. The monoisotopic (exact) mass is 202 g/mol. The molecule has 0 aromatic carbocycles. The maximum atomic E-state index is 12.2. The Bertz CT molecular complexity index is 355. The maximum absolute atomic E-state index is 12.2. The molecule has 6 heteroatoms. The minimum absolute atomic E-state index is 0.182. The number of nitrogens with zero attached hydrogens (tertiary/aromatic N) is 1. The SMILES string of the molecule is Nc1cc(CC(=O)O)cnc1C(F)F. The number of nitrogens with two attached hydrogens (primary N) is 1. The lowest BCUT2D eigenvalue weighted by Gasteiger charge is -2.04. The number of hydrogen-bond acceptors (Lipinski definition) is 3. The van der Waals surface area contributed by atoms with Gasteiger partial charge in [0.1, 0.15) is 5.69 Å². The molecule has 76 valence electrons. The predicted octanol–water partition coefficient (Wildman–Crippen LogP) is 1.23. The van der Waals surface area contributed by atoms with E-state index in [1.807, 2.05) is 0 Å².